The summed E-state index contributed by atoms with van der Waals surface area (Å²) < 4.78 is 79.8. The number of thioether (sulfide) groups is 1. The van der Waals surface area contributed by atoms with Crippen molar-refractivity contribution < 1.29 is 26.3 Å². The molecule has 0 amide bonds. The number of rotatable bonds is 2. The van der Waals surface area contributed by atoms with Crippen molar-refractivity contribution in [2.75, 3.05) is 17.6 Å². The average molecular weight is 422 g/mol. The lowest BCUT2D eigenvalue weighted by molar-refractivity contribution is -0.137. The summed E-state index contributed by atoms with van der Waals surface area (Å²) in [5.41, 5.74) is -1.09. The van der Waals surface area contributed by atoms with Gasteiger partial charge in [-0.1, -0.05) is 6.07 Å². The monoisotopic (exact) mass is 422 g/mol. The summed E-state index contributed by atoms with van der Waals surface area (Å²) in [7, 11) is 0. The van der Waals surface area contributed by atoms with Crippen LogP contribution in [0.1, 0.15) is 16.5 Å². The maximum Gasteiger partial charge on any atom is 0.416 e. The molecule has 1 atom stereocenters. The highest BCUT2D eigenvalue weighted by molar-refractivity contribution is 7.99. The van der Waals surface area contributed by atoms with Crippen LogP contribution in [0, 0.1) is 17.5 Å². The molecule has 10 heteroatoms. The van der Waals surface area contributed by atoms with Crippen LogP contribution in [0.2, 0.25) is 0 Å². The van der Waals surface area contributed by atoms with Crippen molar-refractivity contribution in [2.24, 2.45) is 0 Å². The van der Waals surface area contributed by atoms with E-state index in [1.54, 1.807) is 0 Å². The third kappa shape index (κ3) is 4.32. The van der Waals surface area contributed by atoms with Gasteiger partial charge >= 0.3 is 6.18 Å². The van der Waals surface area contributed by atoms with Crippen molar-refractivity contribution in [1.29, 1.82) is 0 Å². The van der Waals surface area contributed by atoms with Crippen LogP contribution in [0.3, 0.4) is 0 Å². The fraction of sp³-hybridized carbons (Fsp3) is 0.235. The molecule has 0 radical (unpaired) electrons. The highest BCUT2D eigenvalue weighted by Gasteiger charge is 2.34. The second kappa shape index (κ2) is 7.59. The third-order valence-corrected chi connectivity index (χ3v) is 5.44. The molecule has 0 spiro atoms. The first-order valence-electron chi connectivity index (χ1n) is 7.68. The van der Waals surface area contributed by atoms with Gasteiger partial charge in [-0.2, -0.15) is 13.2 Å². The summed E-state index contributed by atoms with van der Waals surface area (Å²) in [5, 5.41) is 1.84. The molecule has 1 aliphatic heterocycles. The molecule has 0 aromatic heterocycles. The standard InChI is InChI=1S/C17H12F6N2S2/c18-10-7-12(19)14(13(20)8-10)15-25(4-5-27-15)16(26)24-11-3-1-2-9(6-11)17(21,22)23/h1-3,6-8,15H,4-5H2,(H,24,26)/t15-/m0/s1. The van der Waals surface area contributed by atoms with Gasteiger partial charge in [-0.15, -0.1) is 11.8 Å². The zero-order valence-corrected chi connectivity index (χ0v) is 15.1. The molecule has 27 heavy (non-hydrogen) atoms. The molecule has 2 aromatic rings. The summed E-state index contributed by atoms with van der Waals surface area (Å²) in [6, 6.07) is 5.61. The van der Waals surface area contributed by atoms with Crippen LogP contribution in [-0.2, 0) is 6.18 Å². The van der Waals surface area contributed by atoms with E-state index < -0.39 is 34.6 Å². The van der Waals surface area contributed by atoms with Crippen molar-refractivity contribution in [1.82, 2.24) is 4.90 Å². The Labute approximate surface area is 160 Å². The lowest BCUT2D eigenvalue weighted by Crippen LogP contribution is -2.34. The van der Waals surface area contributed by atoms with Crippen LogP contribution in [0.5, 0.6) is 0 Å². The van der Waals surface area contributed by atoms with Gasteiger partial charge in [0.05, 0.1) is 11.1 Å². The van der Waals surface area contributed by atoms with Crippen LogP contribution in [0.4, 0.5) is 32.0 Å². The van der Waals surface area contributed by atoms with E-state index >= 15 is 0 Å². The number of halogens is 6. The van der Waals surface area contributed by atoms with Crippen LogP contribution < -0.4 is 5.32 Å². The quantitative estimate of drug-likeness (QED) is 0.503. The van der Waals surface area contributed by atoms with Gasteiger partial charge in [-0.25, -0.2) is 13.2 Å². The Hall–Kier alpha value is -1.94. The van der Waals surface area contributed by atoms with Gasteiger partial charge in [-0.05, 0) is 30.4 Å². The zero-order valence-electron chi connectivity index (χ0n) is 13.5. The van der Waals surface area contributed by atoms with Crippen LogP contribution in [-0.4, -0.2) is 22.3 Å². The van der Waals surface area contributed by atoms with Crippen molar-refractivity contribution in [3.63, 3.8) is 0 Å². The Bertz CT molecular complexity index is 848. The van der Waals surface area contributed by atoms with Gasteiger partial charge in [0.15, 0.2) is 5.11 Å². The van der Waals surface area contributed by atoms with Gasteiger partial charge in [0.25, 0.3) is 0 Å². The molecule has 0 unspecified atom stereocenters. The minimum absolute atomic E-state index is 0.0208. The van der Waals surface area contributed by atoms with Gasteiger partial charge in [0.1, 0.15) is 22.8 Å². The van der Waals surface area contributed by atoms with Gasteiger partial charge in [-0.3, -0.25) is 0 Å². The summed E-state index contributed by atoms with van der Waals surface area (Å²) in [4.78, 5) is 1.46. The number of hydrogen-bond acceptors (Lipinski definition) is 2. The molecule has 0 bridgehead atoms. The lowest BCUT2D eigenvalue weighted by Gasteiger charge is -2.27. The number of nitrogens with zero attached hydrogens (tertiary/aromatic N) is 1. The SMILES string of the molecule is Fc1cc(F)c([C@@H]2SCCN2C(=S)Nc2cccc(C(F)(F)F)c2)c(F)c1. The smallest absolute Gasteiger partial charge is 0.333 e. The van der Waals surface area contributed by atoms with Crippen molar-refractivity contribution >= 4 is 34.8 Å². The normalized spacial score (nSPS) is 17.3. The second-order valence-corrected chi connectivity index (χ2v) is 7.28. The largest absolute Gasteiger partial charge is 0.416 e. The van der Waals surface area contributed by atoms with E-state index in [9.17, 15) is 26.3 Å². The summed E-state index contributed by atoms with van der Waals surface area (Å²) in [6.07, 6.45) is -4.51. The number of alkyl halides is 3. The van der Waals surface area contributed by atoms with Gasteiger partial charge < -0.3 is 10.2 Å². The second-order valence-electron chi connectivity index (χ2n) is 5.71. The minimum atomic E-state index is -4.51. The fourth-order valence-electron chi connectivity index (χ4n) is 2.67. The Morgan fingerprint density at radius 2 is 1.78 bits per heavy atom. The molecule has 1 fully saturated rings. The van der Waals surface area contributed by atoms with E-state index in [1.165, 1.54) is 28.8 Å². The van der Waals surface area contributed by atoms with E-state index in [0.717, 1.165) is 12.1 Å². The molecular weight excluding hydrogens is 410 g/mol. The molecule has 1 saturated heterocycles. The number of thiocarbonyl (C=S) groups is 1. The van der Waals surface area contributed by atoms with Crippen molar-refractivity contribution in [3.8, 4) is 0 Å². The van der Waals surface area contributed by atoms with Crippen LogP contribution in [0.15, 0.2) is 36.4 Å². The van der Waals surface area contributed by atoms with E-state index in [-0.39, 0.29) is 16.4 Å². The predicted octanol–water partition coefficient (Wildman–Crippen LogP) is 5.57. The first kappa shape index (κ1) is 19.8. The minimum Gasteiger partial charge on any atom is -0.333 e. The predicted molar refractivity (Wildman–Crippen MR) is 95.9 cm³/mol. The summed E-state index contributed by atoms with van der Waals surface area (Å²) in [5.74, 6) is -2.63. The molecule has 3 rings (SSSR count). The highest BCUT2D eigenvalue weighted by atomic mass is 32.2. The van der Waals surface area contributed by atoms with E-state index in [1.807, 2.05) is 0 Å². The third-order valence-electron chi connectivity index (χ3n) is 3.88. The number of anilines is 1. The maximum atomic E-state index is 14.1. The zero-order chi connectivity index (χ0) is 19.8. The first-order valence-corrected chi connectivity index (χ1v) is 9.13. The Morgan fingerprint density at radius 3 is 2.41 bits per heavy atom. The number of nitrogens with one attached hydrogen (secondary N) is 1. The topological polar surface area (TPSA) is 15.3 Å². The average Bonchev–Trinajstić information content (AvgIpc) is 3.02. The summed E-state index contributed by atoms with van der Waals surface area (Å²) >= 11 is 6.42. The number of benzene rings is 2. The maximum absolute atomic E-state index is 14.1. The molecule has 2 nitrogen and oxygen atoms in total. The highest BCUT2D eigenvalue weighted by Crippen LogP contribution is 2.41. The van der Waals surface area contributed by atoms with Crippen LogP contribution >= 0.6 is 24.0 Å². The molecule has 2 aromatic carbocycles. The molecule has 0 aliphatic carbocycles. The first-order chi connectivity index (χ1) is 12.7. The van der Waals surface area contributed by atoms with Crippen molar-refractivity contribution in [3.05, 3.63) is 65.0 Å². The number of hydrogen-bond donors (Lipinski definition) is 1. The summed E-state index contributed by atoms with van der Waals surface area (Å²) in [6.45, 7) is 0.330. The van der Waals surface area contributed by atoms with Crippen molar-refractivity contribution in [2.45, 2.75) is 11.6 Å². The van der Waals surface area contributed by atoms with Gasteiger partial charge in [0.2, 0.25) is 0 Å². The van der Waals surface area contributed by atoms with Crippen LogP contribution in [0.25, 0.3) is 0 Å². The Balaban J connectivity index is 1.83. The molecule has 0 saturated carbocycles. The molecule has 144 valence electrons. The van der Waals surface area contributed by atoms with Gasteiger partial charge in [0, 0.05) is 30.1 Å². The Morgan fingerprint density at radius 1 is 1.11 bits per heavy atom. The van der Waals surface area contributed by atoms with E-state index in [2.05, 4.69) is 5.32 Å². The van der Waals surface area contributed by atoms with E-state index in [0.29, 0.717) is 24.4 Å². The molecule has 1 N–H and O–H groups in total. The fourth-order valence-corrected chi connectivity index (χ4v) is 4.36. The Kier molecular flexibility index (Phi) is 5.57. The lowest BCUT2D eigenvalue weighted by atomic mass is 10.1. The van der Waals surface area contributed by atoms with E-state index in [4.69, 9.17) is 12.2 Å². The molecule has 1 heterocycles. The molecular formula is C17H12F6N2S2. The molecule has 1 aliphatic rings.